The molecule has 3 aromatic heterocycles. The predicted molar refractivity (Wildman–Crippen MR) is 149 cm³/mol. The van der Waals surface area contributed by atoms with Crippen LogP contribution in [0.15, 0.2) is 29.3 Å². The molecule has 13 nitrogen and oxygen atoms in total. The summed E-state index contributed by atoms with van der Waals surface area (Å²) < 4.78 is 61.2. The zero-order valence-corrected chi connectivity index (χ0v) is 24.0. The number of nitrogens with zero attached hydrogens (tertiary/aromatic N) is 7. The molecule has 1 amide bonds. The smallest absolute Gasteiger partial charge is 0.415 e. The fraction of sp³-hybridized carbons (Fsp3) is 0.346. The van der Waals surface area contributed by atoms with Crippen LogP contribution in [0.2, 0.25) is 0 Å². The Kier molecular flexibility index (Phi) is 6.59. The molecule has 6 rings (SSSR count). The number of sulfone groups is 1. The Morgan fingerprint density at radius 1 is 1.17 bits per heavy atom. The average Bonchev–Trinajstić information content (AvgIpc) is 3.36. The summed E-state index contributed by atoms with van der Waals surface area (Å²) in [5.41, 5.74) is 1.92. The van der Waals surface area contributed by atoms with Crippen LogP contribution in [0.3, 0.4) is 0 Å². The summed E-state index contributed by atoms with van der Waals surface area (Å²) in [7, 11) is -0.795. The average molecular weight is 600 g/mol. The van der Waals surface area contributed by atoms with Gasteiger partial charge in [-0.1, -0.05) is 0 Å². The van der Waals surface area contributed by atoms with Crippen molar-refractivity contribution in [2.45, 2.75) is 30.6 Å². The minimum atomic E-state index is -3.86. The van der Waals surface area contributed by atoms with E-state index in [-0.39, 0.29) is 18.5 Å². The maximum Gasteiger partial charge on any atom is 0.415 e. The number of carbonyl (C=O) groups excluding carboxylic acids is 1. The number of aromatic amines is 1. The quantitative estimate of drug-likeness (QED) is 0.305. The van der Waals surface area contributed by atoms with Crippen LogP contribution in [-0.4, -0.2) is 70.9 Å². The third-order valence-electron chi connectivity index (χ3n) is 7.10. The largest absolute Gasteiger partial charge is 0.447 e. The Morgan fingerprint density at radius 3 is 2.45 bits per heavy atom. The molecule has 4 aromatic rings. The molecule has 0 atom stereocenters. The van der Waals surface area contributed by atoms with Gasteiger partial charge < -0.3 is 15.0 Å². The standard InChI is InChI=1S/C26H27F2N9O4S/c1-13-9-19(34-33-13)30-23-20(14-5-6-14)21(16-12-29-36(3)24(16)37-7-8-41-26(37)38)31-25(32-23)35(2)22-17(27)10-15(11-18(22)28)42(4,39)40/h9-12,14H,5-8H2,1-4H3,(H2,30,31,32,33,34). The Morgan fingerprint density at radius 2 is 1.88 bits per heavy atom. The second-order valence-electron chi connectivity index (χ2n) is 10.3. The van der Waals surface area contributed by atoms with Crippen molar-refractivity contribution in [1.82, 2.24) is 29.9 Å². The highest BCUT2D eigenvalue weighted by Gasteiger charge is 2.36. The summed E-state index contributed by atoms with van der Waals surface area (Å²) in [5.74, 6) is -0.943. The molecule has 1 saturated heterocycles. The molecule has 1 aliphatic heterocycles. The highest BCUT2D eigenvalue weighted by Crippen LogP contribution is 2.49. The summed E-state index contributed by atoms with van der Waals surface area (Å²) in [6.45, 7) is 2.36. The van der Waals surface area contributed by atoms with Crippen molar-refractivity contribution in [2.75, 3.05) is 41.6 Å². The molecule has 2 N–H and O–H groups in total. The van der Waals surface area contributed by atoms with Gasteiger partial charge in [-0.3, -0.25) is 14.7 Å². The second kappa shape index (κ2) is 10.0. The molecule has 220 valence electrons. The molecule has 0 bridgehead atoms. The normalized spacial score (nSPS) is 15.3. The summed E-state index contributed by atoms with van der Waals surface area (Å²) in [4.78, 5) is 24.1. The van der Waals surface area contributed by atoms with Gasteiger partial charge >= 0.3 is 6.09 Å². The Bertz CT molecular complexity index is 1810. The highest BCUT2D eigenvalue weighted by atomic mass is 32.2. The van der Waals surface area contributed by atoms with Gasteiger partial charge in [-0.15, -0.1) is 0 Å². The van der Waals surface area contributed by atoms with E-state index < -0.39 is 38.1 Å². The van der Waals surface area contributed by atoms with Crippen molar-refractivity contribution in [3.63, 3.8) is 0 Å². The first-order valence-corrected chi connectivity index (χ1v) is 14.9. The number of hydrogen-bond donors (Lipinski definition) is 2. The van der Waals surface area contributed by atoms with E-state index in [1.165, 1.54) is 16.6 Å². The molecule has 0 unspecified atom stereocenters. The zero-order chi connectivity index (χ0) is 29.9. The van der Waals surface area contributed by atoms with Crippen LogP contribution in [0, 0.1) is 18.6 Å². The fourth-order valence-electron chi connectivity index (χ4n) is 4.95. The van der Waals surface area contributed by atoms with Crippen molar-refractivity contribution in [3.05, 3.63) is 47.3 Å². The number of hydrogen-bond acceptors (Lipinski definition) is 10. The van der Waals surface area contributed by atoms with Crippen LogP contribution in [0.4, 0.5) is 42.7 Å². The number of ether oxygens (including phenoxy) is 1. The number of halogens is 2. The molecule has 42 heavy (non-hydrogen) atoms. The number of aryl methyl sites for hydroxylation is 2. The van der Waals surface area contributed by atoms with E-state index in [0.29, 0.717) is 35.3 Å². The lowest BCUT2D eigenvalue weighted by Gasteiger charge is -2.23. The number of nitrogens with one attached hydrogen (secondary N) is 2. The maximum atomic E-state index is 15.3. The number of carbonyl (C=O) groups is 1. The van der Waals surface area contributed by atoms with Crippen LogP contribution >= 0.6 is 0 Å². The lowest BCUT2D eigenvalue weighted by atomic mass is 10.0. The monoisotopic (exact) mass is 599 g/mol. The summed E-state index contributed by atoms with van der Waals surface area (Å²) in [6.07, 6.45) is 3.63. The third kappa shape index (κ3) is 4.91. The number of benzene rings is 1. The maximum absolute atomic E-state index is 15.3. The van der Waals surface area contributed by atoms with E-state index >= 15 is 8.78 Å². The third-order valence-corrected chi connectivity index (χ3v) is 8.20. The first-order valence-electron chi connectivity index (χ1n) is 13.0. The molecule has 2 fully saturated rings. The Labute approximate surface area is 239 Å². The second-order valence-corrected chi connectivity index (χ2v) is 12.3. The van der Waals surface area contributed by atoms with E-state index in [4.69, 9.17) is 9.72 Å². The number of anilines is 5. The first-order chi connectivity index (χ1) is 19.9. The Balaban J connectivity index is 1.56. The fourth-order valence-corrected chi connectivity index (χ4v) is 5.59. The number of rotatable bonds is 8. The van der Waals surface area contributed by atoms with Gasteiger partial charge in [0.05, 0.1) is 28.9 Å². The van der Waals surface area contributed by atoms with Gasteiger partial charge in [0.15, 0.2) is 27.3 Å². The predicted octanol–water partition coefficient (Wildman–Crippen LogP) is 3.94. The van der Waals surface area contributed by atoms with Gasteiger partial charge in [0.2, 0.25) is 5.95 Å². The van der Waals surface area contributed by atoms with Crippen LogP contribution in [0.5, 0.6) is 0 Å². The molecule has 16 heteroatoms. The van der Waals surface area contributed by atoms with Crippen molar-refractivity contribution in [1.29, 1.82) is 0 Å². The van der Waals surface area contributed by atoms with E-state index in [1.807, 2.05) is 6.92 Å². The van der Waals surface area contributed by atoms with Crippen LogP contribution in [0.25, 0.3) is 11.3 Å². The van der Waals surface area contributed by atoms with E-state index in [9.17, 15) is 13.2 Å². The first kappa shape index (κ1) is 27.6. The molecule has 1 saturated carbocycles. The molecule has 1 aromatic carbocycles. The number of aromatic nitrogens is 6. The molecule has 0 radical (unpaired) electrons. The van der Waals surface area contributed by atoms with E-state index in [0.717, 1.165) is 47.4 Å². The molecule has 2 aliphatic rings. The van der Waals surface area contributed by atoms with E-state index in [2.05, 4.69) is 25.6 Å². The molecule has 1 aliphatic carbocycles. The van der Waals surface area contributed by atoms with Crippen molar-refractivity contribution < 1.29 is 26.7 Å². The summed E-state index contributed by atoms with van der Waals surface area (Å²) >= 11 is 0. The lowest BCUT2D eigenvalue weighted by Crippen LogP contribution is -2.26. The van der Waals surface area contributed by atoms with Gasteiger partial charge in [0, 0.05) is 37.7 Å². The molecular formula is C26H27F2N9O4S. The van der Waals surface area contributed by atoms with Gasteiger partial charge in [-0.25, -0.2) is 27.0 Å². The SMILES string of the molecule is Cc1cc(Nc2nc(N(C)c3c(F)cc(S(C)(=O)=O)cc3F)nc(-c3cnn(C)c3N3CCOC3=O)c2C2CC2)n[nH]1. The molecule has 4 heterocycles. The van der Waals surface area contributed by atoms with E-state index in [1.54, 1.807) is 19.3 Å². The number of cyclic esters (lactones) is 1. The zero-order valence-electron chi connectivity index (χ0n) is 23.1. The highest BCUT2D eigenvalue weighted by molar-refractivity contribution is 7.90. The van der Waals surface area contributed by atoms with Crippen LogP contribution in [-0.2, 0) is 21.6 Å². The van der Waals surface area contributed by atoms with Crippen molar-refractivity contribution >= 4 is 45.0 Å². The molecule has 0 spiro atoms. The van der Waals surface area contributed by atoms with Crippen LogP contribution in [0.1, 0.15) is 30.0 Å². The lowest BCUT2D eigenvalue weighted by molar-refractivity contribution is 0.181. The van der Waals surface area contributed by atoms with Crippen LogP contribution < -0.4 is 15.1 Å². The minimum Gasteiger partial charge on any atom is -0.447 e. The summed E-state index contributed by atoms with van der Waals surface area (Å²) in [5, 5.41) is 14.7. The molecular weight excluding hydrogens is 572 g/mol. The topological polar surface area (TPSA) is 151 Å². The van der Waals surface area contributed by atoms with Gasteiger partial charge in [0.25, 0.3) is 0 Å². The van der Waals surface area contributed by atoms with Crippen molar-refractivity contribution in [2.24, 2.45) is 7.05 Å². The minimum absolute atomic E-state index is 0.0722. The number of amides is 1. The van der Waals surface area contributed by atoms with Crippen molar-refractivity contribution in [3.8, 4) is 11.3 Å². The van der Waals surface area contributed by atoms with Gasteiger partial charge in [-0.2, -0.15) is 15.2 Å². The summed E-state index contributed by atoms with van der Waals surface area (Å²) in [6, 6.07) is 3.29. The van der Waals surface area contributed by atoms with Gasteiger partial charge in [0.1, 0.15) is 23.9 Å². The number of H-pyrrole nitrogens is 1. The van der Waals surface area contributed by atoms with Gasteiger partial charge in [-0.05, 0) is 37.8 Å². The Hall–Kier alpha value is -4.60.